The summed E-state index contributed by atoms with van der Waals surface area (Å²) in [6.45, 7) is 10.5. The molecule has 8 nitrogen and oxygen atoms in total. The zero-order chi connectivity index (χ0) is 27.2. The van der Waals surface area contributed by atoms with Gasteiger partial charge in [-0.2, -0.15) is 0 Å². The van der Waals surface area contributed by atoms with Gasteiger partial charge < -0.3 is 14.6 Å². The molecule has 8 heteroatoms. The first-order chi connectivity index (χ1) is 18.4. The molecule has 2 aliphatic rings. The van der Waals surface area contributed by atoms with Crippen LogP contribution in [-0.2, 0) is 0 Å². The number of aryl methyl sites for hydroxylation is 2. The maximum absolute atomic E-state index is 13.7. The van der Waals surface area contributed by atoms with Crippen molar-refractivity contribution in [1.82, 2.24) is 4.90 Å². The van der Waals surface area contributed by atoms with Crippen molar-refractivity contribution >= 4 is 22.6 Å². The van der Waals surface area contributed by atoms with E-state index in [2.05, 4.69) is 53.2 Å². The van der Waals surface area contributed by atoms with Crippen LogP contribution in [0.4, 0.5) is 5.69 Å². The van der Waals surface area contributed by atoms with Gasteiger partial charge >= 0.3 is 0 Å². The highest BCUT2D eigenvalue weighted by Crippen LogP contribution is 2.43. The van der Waals surface area contributed by atoms with E-state index in [1.54, 1.807) is 11.9 Å². The van der Waals surface area contributed by atoms with Gasteiger partial charge in [0.05, 0.1) is 5.36 Å². The van der Waals surface area contributed by atoms with Crippen molar-refractivity contribution in [2.75, 3.05) is 38.5 Å². The molecule has 1 N–H and O–H groups in total. The fraction of sp³-hybridized carbons (Fsp3) is 0.333. The van der Waals surface area contributed by atoms with Gasteiger partial charge in [-0.15, -0.1) is 0 Å². The van der Waals surface area contributed by atoms with E-state index in [1.165, 1.54) is 0 Å². The molecule has 0 aromatic heterocycles. The van der Waals surface area contributed by atoms with Crippen molar-refractivity contribution in [3.05, 3.63) is 81.0 Å². The molecule has 1 aliphatic heterocycles. The van der Waals surface area contributed by atoms with Gasteiger partial charge in [-0.05, 0) is 74.5 Å². The number of carbonyl (C=O) groups excluding carboxylic acids is 1. The van der Waals surface area contributed by atoms with Gasteiger partial charge in [0.15, 0.2) is 0 Å². The van der Waals surface area contributed by atoms with Crippen molar-refractivity contribution < 1.29 is 9.21 Å². The molecular formula is C30H34N6O2. The predicted octanol–water partition coefficient (Wildman–Crippen LogP) is 6.95. The Bertz CT molecular complexity index is 1570. The third-order valence-corrected chi connectivity index (χ3v) is 6.67. The summed E-state index contributed by atoms with van der Waals surface area (Å²) in [6.07, 6.45) is 0.597. The van der Waals surface area contributed by atoms with E-state index in [-0.39, 0.29) is 5.91 Å². The molecule has 2 aromatic carbocycles. The quantitative estimate of drug-likeness (QED) is 0.0865. The third-order valence-electron chi connectivity index (χ3n) is 6.67. The van der Waals surface area contributed by atoms with Crippen LogP contribution in [0, 0.1) is 13.8 Å². The molecule has 1 heterocycles. The third kappa shape index (κ3) is 5.36. The molecule has 38 heavy (non-hydrogen) atoms. The molecule has 0 atom stereocenters. The lowest BCUT2D eigenvalue weighted by Gasteiger charge is -2.22. The fourth-order valence-corrected chi connectivity index (χ4v) is 4.82. The minimum atomic E-state index is -0.0843. The molecule has 1 amide bonds. The maximum atomic E-state index is 13.7. The van der Waals surface area contributed by atoms with Crippen LogP contribution >= 0.6 is 0 Å². The first-order valence-electron chi connectivity index (χ1n) is 13.0. The minimum absolute atomic E-state index is 0.0843. The SMILES string of the molecule is CCN=c1cc2oc3cc(NCC)c(C)cc3c(-c3ccccc3C(=O)N(C)CCCN=[N+]=[N-])c-2cc1C. The molecular weight excluding hydrogens is 476 g/mol. The Morgan fingerprint density at radius 2 is 1.87 bits per heavy atom. The van der Waals surface area contributed by atoms with Crippen molar-refractivity contribution in [1.29, 1.82) is 0 Å². The van der Waals surface area contributed by atoms with Crippen LogP contribution in [0.3, 0.4) is 0 Å². The number of fused-ring (bicyclic) bond motifs is 2. The van der Waals surface area contributed by atoms with E-state index < -0.39 is 0 Å². The van der Waals surface area contributed by atoms with Crippen LogP contribution in [0.5, 0.6) is 0 Å². The van der Waals surface area contributed by atoms with E-state index in [0.717, 1.165) is 62.1 Å². The second-order valence-electron chi connectivity index (χ2n) is 9.36. The standard InChI is InChI=1S/C30H34N6O2/c1-6-32-25-17-27-23(15-19(25)3)29(24-16-20(4)26(33-7-2)18-28(24)38-27)21-11-8-9-12-22(21)30(37)36(5)14-10-13-34-35-31/h8-9,11-12,15-18,32H,6-7,10,13-14H2,1-5H3. The van der Waals surface area contributed by atoms with Gasteiger partial charge in [-0.3, -0.25) is 9.79 Å². The number of azide groups is 1. The Morgan fingerprint density at radius 3 is 2.61 bits per heavy atom. The Labute approximate surface area is 223 Å². The number of anilines is 1. The Balaban J connectivity index is 1.99. The summed E-state index contributed by atoms with van der Waals surface area (Å²) < 4.78 is 6.48. The van der Waals surface area contributed by atoms with E-state index in [4.69, 9.17) is 9.95 Å². The van der Waals surface area contributed by atoms with Crippen molar-refractivity contribution in [3.63, 3.8) is 0 Å². The Morgan fingerprint density at radius 1 is 1.08 bits per heavy atom. The minimum Gasteiger partial charge on any atom is -0.456 e. The molecule has 0 fully saturated rings. The first-order valence-corrected chi connectivity index (χ1v) is 13.0. The van der Waals surface area contributed by atoms with Gasteiger partial charge in [-0.25, -0.2) is 0 Å². The van der Waals surface area contributed by atoms with Gasteiger partial charge in [0.25, 0.3) is 5.91 Å². The number of hydrogen-bond acceptors (Lipinski definition) is 5. The van der Waals surface area contributed by atoms with Crippen molar-refractivity contribution in [2.45, 2.75) is 34.1 Å². The Kier molecular flexibility index (Phi) is 8.34. The van der Waals surface area contributed by atoms with Gasteiger partial charge in [0.2, 0.25) is 0 Å². The lowest BCUT2D eigenvalue weighted by atomic mass is 9.89. The lowest BCUT2D eigenvalue weighted by Crippen LogP contribution is -2.28. The second kappa shape index (κ2) is 11.8. The topological polar surface area (TPSA) is 107 Å². The summed E-state index contributed by atoms with van der Waals surface area (Å²) >= 11 is 0. The molecule has 0 bridgehead atoms. The zero-order valence-corrected chi connectivity index (χ0v) is 22.7. The summed E-state index contributed by atoms with van der Waals surface area (Å²) in [5, 5.41) is 8.85. The number of nitrogens with one attached hydrogen (secondary N) is 1. The van der Waals surface area contributed by atoms with Crippen LogP contribution in [0.1, 0.15) is 41.8 Å². The smallest absolute Gasteiger partial charge is 0.254 e. The van der Waals surface area contributed by atoms with Crippen LogP contribution in [-0.4, -0.2) is 44.0 Å². The summed E-state index contributed by atoms with van der Waals surface area (Å²) in [6, 6.07) is 16.0. The van der Waals surface area contributed by atoms with Crippen LogP contribution in [0.15, 0.2) is 63.1 Å². The lowest BCUT2D eigenvalue weighted by molar-refractivity contribution is 0.0795. The monoisotopic (exact) mass is 510 g/mol. The van der Waals surface area contributed by atoms with E-state index in [0.29, 0.717) is 31.6 Å². The molecule has 196 valence electrons. The average Bonchev–Trinajstić information content (AvgIpc) is 2.91. The van der Waals surface area contributed by atoms with Gasteiger partial charge in [0.1, 0.15) is 11.3 Å². The Hall–Kier alpha value is -4.29. The van der Waals surface area contributed by atoms with Gasteiger partial charge in [-0.1, -0.05) is 23.3 Å². The summed E-state index contributed by atoms with van der Waals surface area (Å²) in [7, 11) is 1.78. The summed E-state index contributed by atoms with van der Waals surface area (Å²) in [4.78, 5) is 22.8. The molecule has 2 aromatic rings. The molecule has 1 aliphatic carbocycles. The van der Waals surface area contributed by atoms with Crippen LogP contribution in [0.2, 0.25) is 0 Å². The highest BCUT2D eigenvalue weighted by molar-refractivity contribution is 6.09. The van der Waals surface area contributed by atoms with E-state index >= 15 is 0 Å². The molecule has 0 unspecified atom stereocenters. The normalized spacial score (nSPS) is 11.6. The largest absolute Gasteiger partial charge is 0.456 e. The van der Waals surface area contributed by atoms with E-state index in [9.17, 15) is 4.79 Å². The van der Waals surface area contributed by atoms with Crippen LogP contribution in [0.25, 0.3) is 43.9 Å². The molecule has 0 saturated carbocycles. The molecule has 0 saturated heterocycles. The van der Waals surface area contributed by atoms with Crippen LogP contribution < -0.4 is 10.7 Å². The number of rotatable bonds is 9. The number of amides is 1. The summed E-state index contributed by atoms with van der Waals surface area (Å²) in [5.74, 6) is 0.639. The number of hydrogen-bond donors (Lipinski definition) is 1. The van der Waals surface area contributed by atoms with Gasteiger partial charge in [0, 0.05) is 78.0 Å². The zero-order valence-electron chi connectivity index (χ0n) is 22.7. The molecule has 0 radical (unpaired) electrons. The highest BCUT2D eigenvalue weighted by atomic mass is 16.3. The van der Waals surface area contributed by atoms with E-state index in [1.807, 2.05) is 43.3 Å². The predicted molar refractivity (Wildman–Crippen MR) is 154 cm³/mol. The molecule has 0 spiro atoms. The van der Waals surface area contributed by atoms with Crippen molar-refractivity contribution in [2.24, 2.45) is 10.1 Å². The number of benzene rings is 3. The fourth-order valence-electron chi connectivity index (χ4n) is 4.82. The number of nitrogens with zero attached hydrogens (tertiary/aromatic N) is 5. The average molecular weight is 511 g/mol. The maximum Gasteiger partial charge on any atom is 0.254 e. The summed E-state index contributed by atoms with van der Waals surface area (Å²) in [5.41, 5.74) is 15.8. The second-order valence-corrected chi connectivity index (χ2v) is 9.36. The van der Waals surface area contributed by atoms with Crippen molar-refractivity contribution in [3.8, 4) is 22.5 Å². The number of carbonyl (C=O) groups is 1. The molecule has 4 rings (SSSR count). The highest BCUT2D eigenvalue weighted by Gasteiger charge is 2.24. The first kappa shape index (κ1) is 26.8.